The Bertz CT molecular complexity index is 1290. The topological polar surface area (TPSA) is 84.9 Å². The Morgan fingerprint density at radius 1 is 1.00 bits per heavy atom. The van der Waals surface area contributed by atoms with Gasteiger partial charge in [-0.15, -0.1) is 0 Å². The quantitative estimate of drug-likeness (QED) is 0.361. The number of halogens is 1. The SMILES string of the molecule is COc1ccc(S(=O)(=O)N(CC(=O)NCCOc2cccc(C)c2C)c2ccc(C)cc2)cc1Br. The highest BCUT2D eigenvalue weighted by atomic mass is 79.9. The van der Waals surface area contributed by atoms with Gasteiger partial charge in [-0.05, 0) is 84.2 Å². The molecule has 0 unspecified atom stereocenters. The second kappa shape index (κ2) is 11.6. The maximum absolute atomic E-state index is 13.5. The highest BCUT2D eigenvalue weighted by molar-refractivity contribution is 9.10. The third-order valence-electron chi connectivity index (χ3n) is 5.56. The Balaban J connectivity index is 1.75. The molecule has 0 fully saturated rings. The number of rotatable bonds is 10. The number of nitrogens with zero attached hydrogens (tertiary/aromatic N) is 1. The van der Waals surface area contributed by atoms with Crippen LogP contribution < -0.4 is 19.1 Å². The summed E-state index contributed by atoms with van der Waals surface area (Å²) < 4.78 is 39.7. The van der Waals surface area contributed by atoms with E-state index in [0.29, 0.717) is 15.9 Å². The molecule has 0 aliphatic rings. The summed E-state index contributed by atoms with van der Waals surface area (Å²) in [6, 6.07) is 17.3. The molecule has 0 bridgehead atoms. The molecular weight excluding hydrogens is 532 g/mol. The summed E-state index contributed by atoms with van der Waals surface area (Å²) in [5.41, 5.74) is 3.53. The van der Waals surface area contributed by atoms with E-state index < -0.39 is 15.9 Å². The van der Waals surface area contributed by atoms with Crippen LogP contribution in [-0.4, -0.2) is 41.1 Å². The van der Waals surface area contributed by atoms with Crippen LogP contribution in [0.15, 0.2) is 70.0 Å². The minimum Gasteiger partial charge on any atom is -0.496 e. The van der Waals surface area contributed by atoms with E-state index in [1.165, 1.54) is 19.2 Å². The van der Waals surface area contributed by atoms with Gasteiger partial charge in [-0.1, -0.05) is 29.8 Å². The van der Waals surface area contributed by atoms with Crippen molar-refractivity contribution in [3.05, 3.63) is 81.8 Å². The number of ether oxygens (including phenoxy) is 2. The van der Waals surface area contributed by atoms with E-state index in [1.807, 2.05) is 39.0 Å². The lowest BCUT2D eigenvalue weighted by molar-refractivity contribution is -0.119. The van der Waals surface area contributed by atoms with Gasteiger partial charge in [0.25, 0.3) is 10.0 Å². The van der Waals surface area contributed by atoms with Crippen LogP contribution in [0.3, 0.4) is 0 Å². The van der Waals surface area contributed by atoms with E-state index in [4.69, 9.17) is 9.47 Å². The minimum atomic E-state index is -4.04. The number of nitrogens with one attached hydrogen (secondary N) is 1. The van der Waals surface area contributed by atoms with Crippen LogP contribution in [0.5, 0.6) is 11.5 Å². The summed E-state index contributed by atoms with van der Waals surface area (Å²) in [5.74, 6) is 0.826. The fraction of sp³-hybridized carbons (Fsp3) is 0.269. The zero-order valence-corrected chi connectivity index (χ0v) is 22.6. The summed E-state index contributed by atoms with van der Waals surface area (Å²) in [5, 5.41) is 2.75. The molecule has 1 amide bonds. The van der Waals surface area contributed by atoms with Crippen molar-refractivity contribution in [1.29, 1.82) is 0 Å². The molecule has 3 rings (SSSR count). The van der Waals surface area contributed by atoms with Gasteiger partial charge in [-0.3, -0.25) is 9.10 Å². The zero-order chi connectivity index (χ0) is 25.6. The number of anilines is 1. The monoisotopic (exact) mass is 560 g/mol. The molecule has 3 aromatic rings. The Hall–Kier alpha value is -3.04. The lowest BCUT2D eigenvalue weighted by Crippen LogP contribution is -2.42. The van der Waals surface area contributed by atoms with Gasteiger partial charge in [0.2, 0.25) is 5.91 Å². The molecule has 0 saturated carbocycles. The van der Waals surface area contributed by atoms with Gasteiger partial charge >= 0.3 is 0 Å². The Kier molecular flexibility index (Phi) is 8.80. The predicted molar refractivity (Wildman–Crippen MR) is 141 cm³/mol. The minimum absolute atomic E-state index is 0.0387. The summed E-state index contributed by atoms with van der Waals surface area (Å²) in [6.07, 6.45) is 0. The van der Waals surface area contributed by atoms with Gasteiger partial charge in [0, 0.05) is 0 Å². The molecular formula is C26H29BrN2O5S. The zero-order valence-electron chi connectivity index (χ0n) is 20.2. The Labute approximate surface area is 215 Å². The van der Waals surface area contributed by atoms with Crippen molar-refractivity contribution in [3.63, 3.8) is 0 Å². The van der Waals surface area contributed by atoms with E-state index in [1.54, 1.807) is 30.3 Å². The van der Waals surface area contributed by atoms with Crippen LogP contribution in [0, 0.1) is 20.8 Å². The number of sulfonamides is 1. The average molecular weight is 561 g/mol. The first kappa shape index (κ1) is 26.6. The first-order valence-corrected chi connectivity index (χ1v) is 13.3. The molecule has 1 N–H and O–H groups in total. The fourth-order valence-electron chi connectivity index (χ4n) is 3.38. The lowest BCUT2D eigenvalue weighted by Gasteiger charge is -2.24. The van der Waals surface area contributed by atoms with Crippen LogP contribution in [0.1, 0.15) is 16.7 Å². The van der Waals surface area contributed by atoms with Crippen molar-refractivity contribution < 1.29 is 22.7 Å². The summed E-state index contributed by atoms with van der Waals surface area (Å²) >= 11 is 3.34. The molecule has 186 valence electrons. The normalized spacial score (nSPS) is 11.1. The molecule has 0 heterocycles. The number of hydrogen-bond acceptors (Lipinski definition) is 5. The molecule has 7 nitrogen and oxygen atoms in total. The van der Waals surface area contributed by atoms with Gasteiger partial charge in [0.05, 0.1) is 28.7 Å². The number of hydrogen-bond donors (Lipinski definition) is 1. The molecule has 0 aromatic heterocycles. The molecule has 0 radical (unpaired) electrons. The van der Waals surface area contributed by atoms with Gasteiger partial charge in [-0.2, -0.15) is 0 Å². The van der Waals surface area contributed by atoms with Gasteiger partial charge in [0.15, 0.2) is 0 Å². The van der Waals surface area contributed by atoms with Crippen LogP contribution in [0.25, 0.3) is 0 Å². The van der Waals surface area contributed by atoms with Crippen LogP contribution in [-0.2, 0) is 14.8 Å². The molecule has 0 aliphatic carbocycles. The number of benzene rings is 3. The number of carbonyl (C=O) groups excluding carboxylic acids is 1. The molecule has 3 aromatic carbocycles. The number of amides is 1. The van der Waals surface area contributed by atoms with Crippen LogP contribution in [0.4, 0.5) is 5.69 Å². The smallest absolute Gasteiger partial charge is 0.264 e. The van der Waals surface area contributed by atoms with Crippen molar-refractivity contribution in [2.45, 2.75) is 25.7 Å². The lowest BCUT2D eigenvalue weighted by atomic mass is 10.1. The van der Waals surface area contributed by atoms with Crippen LogP contribution >= 0.6 is 15.9 Å². The van der Waals surface area contributed by atoms with Crippen LogP contribution in [0.2, 0.25) is 0 Å². The molecule has 0 saturated heterocycles. The van der Waals surface area contributed by atoms with Crippen molar-refractivity contribution in [3.8, 4) is 11.5 Å². The van der Waals surface area contributed by atoms with Gasteiger partial charge in [-0.25, -0.2) is 8.42 Å². The second-order valence-electron chi connectivity index (χ2n) is 8.04. The van der Waals surface area contributed by atoms with E-state index in [0.717, 1.165) is 26.7 Å². The van der Waals surface area contributed by atoms with Crippen molar-refractivity contribution >= 4 is 37.5 Å². The first-order chi connectivity index (χ1) is 16.6. The summed E-state index contributed by atoms with van der Waals surface area (Å²) in [6.45, 7) is 6.02. The van der Waals surface area contributed by atoms with Gasteiger partial charge in [0.1, 0.15) is 24.7 Å². The van der Waals surface area contributed by atoms with Crippen molar-refractivity contribution in [2.75, 3.05) is 31.1 Å². The summed E-state index contributed by atoms with van der Waals surface area (Å²) in [7, 11) is -2.54. The van der Waals surface area contributed by atoms with Crippen molar-refractivity contribution in [1.82, 2.24) is 5.32 Å². The third-order valence-corrected chi connectivity index (χ3v) is 7.95. The maximum Gasteiger partial charge on any atom is 0.264 e. The van der Waals surface area contributed by atoms with E-state index in [2.05, 4.69) is 21.2 Å². The Morgan fingerprint density at radius 2 is 1.71 bits per heavy atom. The highest BCUT2D eigenvalue weighted by Gasteiger charge is 2.28. The number of carbonyl (C=O) groups is 1. The van der Waals surface area contributed by atoms with E-state index in [9.17, 15) is 13.2 Å². The Morgan fingerprint density at radius 3 is 2.37 bits per heavy atom. The molecule has 0 aliphatic heterocycles. The third kappa shape index (κ3) is 6.55. The second-order valence-corrected chi connectivity index (χ2v) is 10.8. The molecule has 9 heteroatoms. The first-order valence-electron chi connectivity index (χ1n) is 11.0. The predicted octanol–water partition coefficient (Wildman–Crippen LogP) is 4.77. The molecule has 35 heavy (non-hydrogen) atoms. The van der Waals surface area contributed by atoms with Gasteiger partial charge < -0.3 is 14.8 Å². The number of aryl methyl sites for hydroxylation is 2. The molecule has 0 atom stereocenters. The van der Waals surface area contributed by atoms with E-state index >= 15 is 0 Å². The standard InChI is InChI=1S/C26H29BrN2O5S/c1-18-8-10-21(11-9-18)29(35(31,32)22-12-13-25(33-4)23(27)16-22)17-26(30)28-14-15-34-24-7-5-6-19(2)20(24)3/h5-13,16H,14-15,17H2,1-4H3,(H,28,30). The summed E-state index contributed by atoms with van der Waals surface area (Å²) in [4.78, 5) is 12.8. The van der Waals surface area contributed by atoms with Crippen molar-refractivity contribution in [2.24, 2.45) is 0 Å². The average Bonchev–Trinajstić information content (AvgIpc) is 2.83. The largest absolute Gasteiger partial charge is 0.496 e. The highest BCUT2D eigenvalue weighted by Crippen LogP contribution is 2.30. The maximum atomic E-state index is 13.5. The number of methoxy groups -OCH3 is 1. The fourth-order valence-corrected chi connectivity index (χ4v) is 5.52. The molecule has 0 spiro atoms. The van der Waals surface area contributed by atoms with E-state index in [-0.39, 0.29) is 24.6 Å².